The molecular weight excluding hydrogens is 240 g/mol. The van der Waals surface area contributed by atoms with Crippen LogP contribution in [-0.2, 0) is 0 Å². The van der Waals surface area contributed by atoms with Crippen LogP contribution in [0.1, 0.15) is 26.2 Å². The van der Waals surface area contributed by atoms with E-state index in [-0.39, 0.29) is 0 Å². The molecule has 2 rings (SSSR count). The zero-order valence-electron chi connectivity index (χ0n) is 8.39. The minimum Gasteiger partial charge on any atom is -0.370 e. The molecule has 1 aliphatic rings. The van der Waals surface area contributed by atoms with Crippen molar-refractivity contribution in [3.63, 3.8) is 0 Å². The Morgan fingerprint density at radius 2 is 2.29 bits per heavy atom. The van der Waals surface area contributed by atoms with E-state index in [0.29, 0.717) is 5.41 Å². The van der Waals surface area contributed by atoms with E-state index in [1.54, 1.807) is 0 Å². The van der Waals surface area contributed by atoms with Crippen molar-refractivity contribution in [2.45, 2.75) is 26.2 Å². The Morgan fingerprint density at radius 1 is 1.50 bits per heavy atom. The first-order valence-corrected chi connectivity index (χ1v) is 5.83. The molecule has 1 aromatic rings. The second-order valence-electron chi connectivity index (χ2n) is 4.35. The van der Waals surface area contributed by atoms with Crippen molar-refractivity contribution in [3.05, 3.63) is 22.8 Å². The molecule has 1 fully saturated rings. The third-order valence-electron chi connectivity index (χ3n) is 2.87. The smallest absolute Gasteiger partial charge is 0.125 e. The van der Waals surface area contributed by atoms with Gasteiger partial charge in [0.2, 0.25) is 0 Å². The van der Waals surface area contributed by atoms with Gasteiger partial charge in [0.05, 0.1) is 0 Å². The standard InChI is InChI=1S/C11H15BrN2/c1-11(4-5-11)6-7-13-10-3-2-9(12)8-14-10/h2-3,8H,4-7H2,1H3,(H,13,14). The lowest BCUT2D eigenvalue weighted by molar-refractivity contribution is 0.536. The fraction of sp³-hybridized carbons (Fsp3) is 0.545. The molecule has 1 aliphatic carbocycles. The fourth-order valence-electron chi connectivity index (χ4n) is 1.44. The zero-order chi connectivity index (χ0) is 10.0. The average Bonchev–Trinajstić information content (AvgIpc) is 2.88. The number of aromatic nitrogens is 1. The van der Waals surface area contributed by atoms with Gasteiger partial charge in [0, 0.05) is 17.2 Å². The summed E-state index contributed by atoms with van der Waals surface area (Å²) in [6.45, 7) is 3.38. The minimum absolute atomic E-state index is 0.627. The van der Waals surface area contributed by atoms with Crippen molar-refractivity contribution < 1.29 is 0 Å². The van der Waals surface area contributed by atoms with Crippen LogP contribution >= 0.6 is 15.9 Å². The summed E-state index contributed by atoms with van der Waals surface area (Å²) in [6.07, 6.45) is 5.86. The van der Waals surface area contributed by atoms with Crippen LogP contribution in [0, 0.1) is 5.41 Å². The van der Waals surface area contributed by atoms with Crippen molar-refractivity contribution >= 4 is 21.7 Å². The lowest BCUT2D eigenvalue weighted by Crippen LogP contribution is -2.07. The number of nitrogens with one attached hydrogen (secondary N) is 1. The molecule has 1 N–H and O–H groups in total. The number of pyridine rings is 1. The molecule has 0 atom stereocenters. The predicted octanol–water partition coefficient (Wildman–Crippen LogP) is 3.45. The molecule has 0 radical (unpaired) electrons. The number of anilines is 1. The number of hydrogen-bond acceptors (Lipinski definition) is 2. The largest absolute Gasteiger partial charge is 0.370 e. The van der Waals surface area contributed by atoms with E-state index < -0.39 is 0 Å². The van der Waals surface area contributed by atoms with Gasteiger partial charge in [-0.25, -0.2) is 4.98 Å². The molecule has 1 heterocycles. The fourth-order valence-corrected chi connectivity index (χ4v) is 1.67. The van der Waals surface area contributed by atoms with Crippen molar-refractivity contribution in [2.75, 3.05) is 11.9 Å². The Labute approximate surface area is 93.3 Å². The Bertz CT molecular complexity index is 304. The highest BCUT2D eigenvalue weighted by atomic mass is 79.9. The third-order valence-corrected chi connectivity index (χ3v) is 3.33. The molecule has 0 aromatic carbocycles. The Balaban J connectivity index is 1.77. The van der Waals surface area contributed by atoms with Gasteiger partial charge in [0.1, 0.15) is 5.82 Å². The van der Waals surface area contributed by atoms with Crippen LogP contribution in [0.25, 0.3) is 0 Å². The molecule has 76 valence electrons. The number of halogens is 1. The quantitative estimate of drug-likeness (QED) is 0.891. The lowest BCUT2D eigenvalue weighted by atomic mass is 10.1. The maximum atomic E-state index is 4.26. The normalized spacial score (nSPS) is 17.9. The van der Waals surface area contributed by atoms with E-state index in [0.717, 1.165) is 16.8 Å². The van der Waals surface area contributed by atoms with Crippen LogP contribution in [0.15, 0.2) is 22.8 Å². The highest BCUT2D eigenvalue weighted by Crippen LogP contribution is 2.47. The van der Waals surface area contributed by atoms with Gasteiger partial charge in [-0.3, -0.25) is 0 Å². The SMILES string of the molecule is CC1(CCNc2ccc(Br)cn2)CC1. The van der Waals surface area contributed by atoms with Gasteiger partial charge in [0.15, 0.2) is 0 Å². The molecule has 1 aromatic heterocycles. The van der Waals surface area contributed by atoms with Gasteiger partial charge in [-0.05, 0) is 52.7 Å². The van der Waals surface area contributed by atoms with Crippen LogP contribution in [-0.4, -0.2) is 11.5 Å². The first-order chi connectivity index (χ1) is 6.68. The van der Waals surface area contributed by atoms with Crippen LogP contribution < -0.4 is 5.32 Å². The van der Waals surface area contributed by atoms with Crippen molar-refractivity contribution in [1.29, 1.82) is 0 Å². The van der Waals surface area contributed by atoms with Crippen LogP contribution in [0.3, 0.4) is 0 Å². The van der Waals surface area contributed by atoms with Gasteiger partial charge in [-0.1, -0.05) is 6.92 Å². The summed E-state index contributed by atoms with van der Waals surface area (Å²) in [7, 11) is 0. The zero-order valence-corrected chi connectivity index (χ0v) is 9.97. The minimum atomic E-state index is 0.627. The van der Waals surface area contributed by atoms with Gasteiger partial charge >= 0.3 is 0 Å². The van der Waals surface area contributed by atoms with E-state index in [9.17, 15) is 0 Å². The summed E-state index contributed by atoms with van der Waals surface area (Å²) in [6, 6.07) is 4.01. The van der Waals surface area contributed by atoms with Crippen molar-refractivity contribution in [1.82, 2.24) is 4.98 Å². The molecule has 3 heteroatoms. The van der Waals surface area contributed by atoms with E-state index >= 15 is 0 Å². The summed E-state index contributed by atoms with van der Waals surface area (Å²) in [5.74, 6) is 0.970. The second kappa shape index (κ2) is 3.89. The monoisotopic (exact) mass is 254 g/mol. The van der Waals surface area contributed by atoms with E-state index in [1.807, 2.05) is 18.3 Å². The molecule has 1 saturated carbocycles. The maximum absolute atomic E-state index is 4.26. The highest BCUT2D eigenvalue weighted by molar-refractivity contribution is 9.10. The average molecular weight is 255 g/mol. The molecule has 14 heavy (non-hydrogen) atoms. The van der Waals surface area contributed by atoms with Crippen molar-refractivity contribution in [2.24, 2.45) is 5.41 Å². The summed E-state index contributed by atoms with van der Waals surface area (Å²) in [4.78, 5) is 4.26. The van der Waals surface area contributed by atoms with Gasteiger partial charge in [-0.2, -0.15) is 0 Å². The molecule has 0 saturated heterocycles. The van der Waals surface area contributed by atoms with E-state index in [1.165, 1.54) is 19.3 Å². The third kappa shape index (κ3) is 2.71. The summed E-state index contributed by atoms with van der Waals surface area (Å²) in [5, 5.41) is 3.34. The second-order valence-corrected chi connectivity index (χ2v) is 5.26. The Hall–Kier alpha value is -0.570. The number of hydrogen-bond donors (Lipinski definition) is 1. The van der Waals surface area contributed by atoms with Crippen molar-refractivity contribution in [3.8, 4) is 0 Å². The highest BCUT2D eigenvalue weighted by Gasteiger charge is 2.36. The first kappa shape index (κ1) is 9.97. The Morgan fingerprint density at radius 3 is 2.86 bits per heavy atom. The summed E-state index contributed by atoms with van der Waals surface area (Å²) < 4.78 is 1.03. The Kier molecular flexibility index (Phi) is 2.77. The van der Waals surface area contributed by atoms with Gasteiger partial charge < -0.3 is 5.32 Å². The molecule has 0 amide bonds. The number of rotatable bonds is 4. The summed E-state index contributed by atoms with van der Waals surface area (Å²) >= 11 is 3.37. The van der Waals surface area contributed by atoms with E-state index in [4.69, 9.17) is 0 Å². The molecule has 0 aliphatic heterocycles. The van der Waals surface area contributed by atoms with Crippen LogP contribution in [0.2, 0.25) is 0 Å². The summed E-state index contributed by atoms with van der Waals surface area (Å²) in [5.41, 5.74) is 0.627. The van der Waals surface area contributed by atoms with Gasteiger partial charge in [0.25, 0.3) is 0 Å². The van der Waals surface area contributed by atoms with Crippen LogP contribution in [0.4, 0.5) is 5.82 Å². The molecule has 0 spiro atoms. The topological polar surface area (TPSA) is 24.9 Å². The lowest BCUT2D eigenvalue weighted by Gasteiger charge is -2.09. The molecular formula is C11H15BrN2. The maximum Gasteiger partial charge on any atom is 0.125 e. The molecule has 0 unspecified atom stereocenters. The number of nitrogens with zero attached hydrogens (tertiary/aromatic N) is 1. The molecule has 0 bridgehead atoms. The molecule has 2 nitrogen and oxygen atoms in total. The van der Waals surface area contributed by atoms with E-state index in [2.05, 4.69) is 33.2 Å². The van der Waals surface area contributed by atoms with Gasteiger partial charge in [-0.15, -0.1) is 0 Å². The first-order valence-electron chi connectivity index (χ1n) is 5.03. The van der Waals surface area contributed by atoms with Crippen LogP contribution in [0.5, 0.6) is 0 Å². The predicted molar refractivity (Wildman–Crippen MR) is 62.4 cm³/mol.